The Balaban J connectivity index is 1.23. The SMILES string of the molecule is CC(=O)N1CCN(CCC2CSC(c3cc4cc(Cl)cc(NC5CCCC5)c4[nH]3)=N2)CC1. The maximum absolute atomic E-state index is 11.5. The third-order valence-corrected chi connectivity index (χ3v) is 8.32. The number of thioether (sulfide) groups is 1. The van der Waals surface area contributed by atoms with Crippen LogP contribution in [-0.4, -0.2) is 76.3 Å². The second-order valence-corrected chi connectivity index (χ2v) is 10.7. The molecule has 1 aromatic heterocycles. The number of nitrogens with zero attached hydrogens (tertiary/aromatic N) is 3. The molecule has 1 unspecified atom stereocenters. The molecule has 1 aromatic carbocycles. The highest BCUT2D eigenvalue weighted by Gasteiger charge is 2.24. The predicted octanol–water partition coefficient (Wildman–Crippen LogP) is 4.59. The first-order valence-corrected chi connectivity index (χ1v) is 13.2. The maximum Gasteiger partial charge on any atom is 0.219 e. The van der Waals surface area contributed by atoms with Crippen LogP contribution in [0.2, 0.25) is 5.02 Å². The summed E-state index contributed by atoms with van der Waals surface area (Å²) in [4.78, 5) is 24.6. The number of halogens is 1. The lowest BCUT2D eigenvalue weighted by atomic mass is 10.2. The first-order chi connectivity index (χ1) is 15.5. The molecule has 1 saturated carbocycles. The van der Waals surface area contributed by atoms with Gasteiger partial charge in [0.25, 0.3) is 0 Å². The molecule has 2 fully saturated rings. The number of benzene rings is 1. The highest BCUT2D eigenvalue weighted by atomic mass is 35.5. The Bertz CT molecular complexity index is 1010. The van der Waals surface area contributed by atoms with E-state index in [4.69, 9.17) is 16.6 Å². The predicted molar refractivity (Wildman–Crippen MR) is 135 cm³/mol. The first-order valence-electron chi connectivity index (χ1n) is 11.8. The van der Waals surface area contributed by atoms with Crippen molar-refractivity contribution >= 4 is 50.9 Å². The lowest BCUT2D eigenvalue weighted by Gasteiger charge is -2.34. The standard InChI is InChI=1S/C24H32ClN5OS/c1-16(31)30-10-8-29(9-11-30)7-6-20-15-32-24(27-20)22-13-17-12-18(25)14-21(23(17)28-22)26-19-4-2-3-5-19/h12-14,19-20,26,28H,2-11,15H2,1H3. The second kappa shape index (κ2) is 9.65. The summed E-state index contributed by atoms with van der Waals surface area (Å²) in [6, 6.07) is 7.17. The second-order valence-electron chi connectivity index (χ2n) is 9.26. The van der Waals surface area contributed by atoms with Gasteiger partial charge in [0, 0.05) is 61.9 Å². The third kappa shape index (κ3) is 4.95. The van der Waals surface area contributed by atoms with Crippen LogP contribution in [0.15, 0.2) is 23.2 Å². The zero-order chi connectivity index (χ0) is 22.1. The Labute approximate surface area is 199 Å². The van der Waals surface area contributed by atoms with Crippen LogP contribution in [-0.2, 0) is 4.79 Å². The number of nitrogens with one attached hydrogen (secondary N) is 2. The fourth-order valence-electron chi connectivity index (χ4n) is 5.06. The lowest BCUT2D eigenvalue weighted by molar-refractivity contribution is -0.130. The molecule has 3 heterocycles. The number of piperazine rings is 1. The van der Waals surface area contributed by atoms with E-state index in [0.29, 0.717) is 12.1 Å². The number of anilines is 1. The largest absolute Gasteiger partial charge is 0.381 e. The average Bonchev–Trinajstić information content (AvgIpc) is 3.53. The van der Waals surface area contributed by atoms with Gasteiger partial charge in [0.1, 0.15) is 5.04 Å². The van der Waals surface area contributed by atoms with Crippen LogP contribution in [0.5, 0.6) is 0 Å². The quantitative estimate of drug-likeness (QED) is 0.644. The normalized spacial score (nSPS) is 22.6. The molecule has 2 aromatic rings. The molecule has 1 aliphatic carbocycles. The van der Waals surface area contributed by atoms with E-state index in [1.807, 2.05) is 28.8 Å². The Hall–Kier alpha value is -1.70. The number of carbonyl (C=O) groups excluding carboxylic acids is 1. The van der Waals surface area contributed by atoms with E-state index < -0.39 is 0 Å². The summed E-state index contributed by atoms with van der Waals surface area (Å²) in [5, 5.41) is 6.73. The van der Waals surface area contributed by atoms with Gasteiger partial charge in [-0.1, -0.05) is 24.4 Å². The maximum atomic E-state index is 11.5. The lowest BCUT2D eigenvalue weighted by Crippen LogP contribution is -2.48. The van der Waals surface area contributed by atoms with E-state index in [9.17, 15) is 4.79 Å². The molecule has 0 radical (unpaired) electrons. The third-order valence-electron chi connectivity index (χ3n) is 6.95. The van der Waals surface area contributed by atoms with Crippen LogP contribution in [0, 0.1) is 0 Å². The topological polar surface area (TPSA) is 63.7 Å². The molecule has 2 N–H and O–H groups in total. The molecule has 5 rings (SSSR count). The summed E-state index contributed by atoms with van der Waals surface area (Å²) >= 11 is 8.27. The fraction of sp³-hybridized carbons (Fsp3) is 0.583. The minimum absolute atomic E-state index is 0.187. The Morgan fingerprint density at radius 1 is 1.22 bits per heavy atom. The number of carbonyl (C=O) groups is 1. The molecular weight excluding hydrogens is 442 g/mol. The first kappa shape index (κ1) is 22.1. The van der Waals surface area contributed by atoms with Crippen LogP contribution in [0.4, 0.5) is 5.69 Å². The number of hydrogen-bond donors (Lipinski definition) is 2. The number of H-pyrrole nitrogens is 1. The van der Waals surface area contributed by atoms with E-state index in [-0.39, 0.29) is 5.91 Å². The van der Waals surface area contributed by atoms with Crippen LogP contribution < -0.4 is 5.32 Å². The Morgan fingerprint density at radius 3 is 2.75 bits per heavy atom. The smallest absolute Gasteiger partial charge is 0.219 e. The Morgan fingerprint density at radius 2 is 2.00 bits per heavy atom. The number of aromatic nitrogens is 1. The van der Waals surface area contributed by atoms with Gasteiger partial charge in [0.05, 0.1) is 22.9 Å². The van der Waals surface area contributed by atoms with Gasteiger partial charge in [0.15, 0.2) is 0 Å². The number of fused-ring (bicyclic) bond motifs is 1. The van der Waals surface area contributed by atoms with Gasteiger partial charge in [-0.3, -0.25) is 14.7 Å². The van der Waals surface area contributed by atoms with Gasteiger partial charge in [-0.05, 0) is 37.5 Å². The van der Waals surface area contributed by atoms with E-state index in [1.165, 1.54) is 25.7 Å². The average molecular weight is 474 g/mol. The van der Waals surface area contributed by atoms with Gasteiger partial charge in [-0.15, -0.1) is 11.8 Å². The van der Waals surface area contributed by atoms with Crippen molar-refractivity contribution in [3.05, 3.63) is 28.9 Å². The summed E-state index contributed by atoms with van der Waals surface area (Å²) in [6.45, 7) is 6.33. The molecule has 1 amide bonds. The zero-order valence-corrected chi connectivity index (χ0v) is 20.3. The van der Waals surface area contributed by atoms with Gasteiger partial charge in [-0.25, -0.2) is 0 Å². The summed E-state index contributed by atoms with van der Waals surface area (Å²) < 4.78 is 0. The molecular formula is C24H32ClN5OS. The van der Waals surface area contributed by atoms with Crippen molar-refractivity contribution in [2.24, 2.45) is 4.99 Å². The number of aromatic amines is 1. The number of hydrogen-bond acceptors (Lipinski definition) is 5. The van der Waals surface area contributed by atoms with Crippen LogP contribution in [0.1, 0.15) is 44.7 Å². The highest BCUT2D eigenvalue weighted by molar-refractivity contribution is 8.14. The summed E-state index contributed by atoms with van der Waals surface area (Å²) in [5.41, 5.74) is 3.33. The summed E-state index contributed by atoms with van der Waals surface area (Å²) in [5.74, 6) is 1.22. The van der Waals surface area contributed by atoms with Crippen LogP contribution in [0.25, 0.3) is 10.9 Å². The Kier molecular flexibility index (Phi) is 6.67. The van der Waals surface area contributed by atoms with E-state index in [2.05, 4.69) is 21.3 Å². The van der Waals surface area contributed by atoms with Gasteiger partial charge >= 0.3 is 0 Å². The monoisotopic (exact) mass is 473 g/mol. The molecule has 1 saturated heterocycles. The molecule has 172 valence electrons. The van der Waals surface area contributed by atoms with Crippen LogP contribution in [0.3, 0.4) is 0 Å². The van der Waals surface area contributed by atoms with Gasteiger partial charge in [-0.2, -0.15) is 0 Å². The van der Waals surface area contributed by atoms with Gasteiger partial charge in [0.2, 0.25) is 5.91 Å². The number of rotatable bonds is 6. The summed E-state index contributed by atoms with van der Waals surface area (Å²) in [7, 11) is 0. The van der Waals surface area contributed by atoms with Crippen LogP contribution >= 0.6 is 23.4 Å². The van der Waals surface area contributed by atoms with E-state index in [0.717, 1.165) is 77.2 Å². The van der Waals surface area contributed by atoms with Gasteiger partial charge < -0.3 is 15.2 Å². The van der Waals surface area contributed by atoms with Crippen molar-refractivity contribution in [2.75, 3.05) is 43.8 Å². The van der Waals surface area contributed by atoms with E-state index in [1.54, 1.807) is 6.92 Å². The molecule has 0 bridgehead atoms. The van der Waals surface area contributed by atoms with Crippen molar-refractivity contribution in [3.63, 3.8) is 0 Å². The molecule has 0 spiro atoms. The highest BCUT2D eigenvalue weighted by Crippen LogP contribution is 2.33. The minimum atomic E-state index is 0.187. The number of aliphatic imine (C=N–C) groups is 1. The molecule has 2 aliphatic heterocycles. The molecule has 8 heteroatoms. The molecule has 6 nitrogen and oxygen atoms in total. The molecule has 3 aliphatic rings. The van der Waals surface area contributed by atoms with Crippen molar-refractivity contribution in [1.29, 1.82) is 0 Å². The summed E-state index contributed by atoms with van der Waals surface area (Å²) in [6.07, 6.45) is 6.14. The van der Waals surface area contributed by atoms with E-state index >= 15 is 0 Å². The zero-order valence-electron chi connectivity index (χ0n) is 18.7. The van der Waals surface area contributed by atoms with Crippen molar-refractivity contribution in [3.8, 4) is 0 Å². The minimum Gasteiger partial charge on any atom is -0.381 e. The molecule has 1 atom stereocenters. The number of amides is 1. The fourth-order valence-corrected chi connectivity index (χ4v) is 6.36. The van der Waals surface area contributed by atoms with Crippen molar-refractivity contribution in [1.82, 2.24) is 14.8 Å². The van der Waals surface area contributed by atoms with Crippen molar-refractivity contribution in [2.45, 2.75) is 51.1 Å². The van der Waals surface area contributed by atoms with Crippen molar-refractivity contribution < 1.29 is 4.79 Å². The molecule has 32 heavy (non-hydrogen) atoms.